The highest BCUT2D eigenvalue weighted by molar-refractivity contribution is 7.84. The van der Waals surface area contributed by atoms with Crippen LogP contribution in [0.25, 0.3) is 0 Å². The van der Waals surface area contributed by atoms with Gasteiger partial charge in [0.25, 0.3) is 0 Å². The number of rotatable bonds is 5. The Kier molecular flexibility index (Phi) is 4.34. The summed E-state index contributed by atoms with van der Waals surface area (Å²) in [6.45, 7) is 0.643. The summed E-state index contributed by atoms with van der Waals surface area (Å²) in [6.07, 6.45) is 1.67. The summed E-state index contributed by atoms with van der Waals surface area (Å²) in [6, 6.07) is 5.44. The Morgan fingerprint density at radius 3 is 2.86 bits per heavy atom. The van der Waals surface area contributed by atoms with E-state index in [1.54, 1.807) is 12.3 Å². The summed E-state index contributed by atoms with van der Waals surface area (Å²) in [7, 11) is -0.777. The minimum Gasteiger partial charge on any atom is -0.369 e. The van der Waals surface area contributed by atoms with Gasteiger partial charge in [-0.15, -0.1) is 0 Å². The first-order valence-electron chi connectivity index (χ1n) is 4.20. The monoisotopic (exact) mass is 214 g/mol. The van der Waals surface area contributed by atoms with Gasteiger partial charge in [-0.05, 0) is 12.1 Å². The van der Waals surface area contributed by atoms with Gasteiger partial charge in [-0.3, -0.25) is 4.21 Å². The van der Waals surface area contributed by atoms with Gasteiger partial charge in [0.1, 0.15) is 11.6 Å². The lowest BCUT2D eigenvalue weighted by atomic mass is 10.4. The first kappa shape index (κ1) is 10.9. The van der Waals surface area contributed by atoms with Crippen LogP contribution in [0.4, 0.5) is 11.6 Å². The normalized spacial score (nSPS) is 12.1. The Morgan fingerprint density at radius 1 is 1.50 bits per heavy atom. The van der Waals surface area contributed by atoms with Crippen LogP contribution in [0.15, 0.2) is 18.2 Å². The molecule has 0 saturated carbocycles. The van der Waals surface area contributed by atoms with E-state index in [0.29, 0.717) is 18.1 Å². The fraction of sp³-hybridized carbons (Fsp3) is 0.375. The van der Waals surface area contributed by atoms with Gasteiger partial charge >= 0.3 is 0 Å². The predicted octanol–water partition coefficient (Wildman–Crippen LogP) is 0.158. The highest BCUT2D eigenvalue weighted by atomic mass is 32.2. The van der Waals surface area contributed by atoms with Gasteiger partial charge in [0.05, 0.1) is 0 Å². The summed E-state index contributed by atoms with van der Waals surface area (Å²) >= 11 is 0. The molecule has 1 rings (SSSR count). The Bertz CT molecular complexity index is 318. The number of nitrogens with two attached hydrogens (primary N) is 1. The van der Waals surface area contributed by atoms with E-state index in [4.69, 9.17) is 5.84 Å². The molecule has 0 fully saturated rings. The number of hydrogen-bond donors (Lipinski definition) is 3. The van der Waals surface area contributed by atoms with Crippen LogP contribution >= 0.6 is 0 Å². The molecule has 0 radical (unpaired) electrons. The molecule has 1 aromatic rings. The second-order valence-electron chi connectivity index (χ2n) is 2.76. The molecular formula is C8H14N4OS. The molecule has 0 saturated heterocycles. The standard InChI is InChI=1S/C8H14N4OS/c1-14(13)6-5-10-7-3-2-4-8(11-7)12-9/h2-4H,5-6,9H2,1H3,(H2,10,11,12). The summed E-state index contributed by atoms with van der Waals surface area (Å²) in [5.41, 5.74) is 2.46. The number of pyridine rings is 1. The van der Waals surface area contributed by atoms with Crippen LogP contribution in [0.1, 0.15) is 0 Å². The average Bonchev–Trinajstić information content (AvgIpc) is 2.18. The number of nitrogens with zero attached hydrogens (tertiary/aromatic N) is 1. The van der Waals surface area contributed by atoms with Crippen molar-refractivity contribution in [2.75, 3.05) is 29.3 Å². The van der Waals surface area contributed by atoms with Crippen LogP contribution < -0.4 is 16.6 Å². The fourth-order valence-electron chi connectivity index (χ4n) is 0.936. The minimum atomic E-state index is -0.777. The van der Waals surface area contributed by atoms with Crippen LogP contribution in [0, 0.1) is 0 Å². The van der Waals surface area contributed by atoms with Crippen molar-refractivity contribution in [1.82, 2.24) is 4.98 Å². The van der Waals surface area contributed by atoms with Gasteiger partial charge in [-0.2, -0.15) is 0 Å². The number of aromatic nitrogens is 1. The molecular weight excluding hydrogens is 200 g/mol. The molecule has 1 atom stereocenters. The Balaban J connectivity index is 2.46. The first-order valence-corrected chi connectivity index (χ1v) is 5.92. The summed E-state index contributed by atoms with van der Waals surface area (Å²) in [5.74, 6) is 7.15. The van der Waals surface area contributed by atoms with Gasteiger partial charge in [0.2, 0.25) is 0 Å². The second-order valence-corrected chi connectivity index (χ2v) is 4.31. The molecule has 0 amide bonds. The van der Waals surface area contributed by atoms with Crippen molar-refractivity contribution in [2.24, 2.45) is 5.84 Å². The zero-order valence-electron chi connectivity index (χ0n) is 7.99. The maximum Gasteiger partial charge on any atom is 0.142 e. The van der Waals surface area contributed by atoms with E-state index in [0.717, 1.165) is 5.82 Å². The van der Waals surface area contributed by atoms with Crippen molar-refractivity contribution < 1.29 is 4.21 Å². The van der Waals surface area contributed by atoms with Gasteiger partial charge in [0.15, 0.2) is 0 Å². The van der Waals surface area contributed by atoms with E-state index in [2.05, 4.69) is 15.7 Å². The quantitative estimate of drug-likeness (QED) is 0.480. The molecule has 1 heterocycles. The van der Waals surface area contributed by atoms with E-state index < -0.39 is 10.8 Å². The van der Waals surface area contributed by atoms with Crippen molar-refractivity contribution in [2.45, 2.75) is 0 Å². The molecule has 0 aromatic carbocycles. The largest absolute Gasteiger partial charge is 0.369 e. The molecule has 1 aromatic heterocycles. The number of hydrazine groups is 1. The third-order valence-electron chi connectivity index (χ3n) is 1.59. The van der Waals surface area contributed by atoms with Gasteiger partial charge < -0.3 is 10.7 Å². The van der Waals surface area contributed by atoms with E-state index >= 15 is 0 Å². The summed E-state index contributed by atoms with van der Waals surface area (Å²) in [4.78, 5) is 4.14. The maximum atomic E-state index is 10.8. The molecule has 5 nitrogen and oxygen atoms in total. The SMILES string of the molecule is CS(=O)CCNc1cccc(NN)n1. The molecule has 1 unspecified atom stereocenters. The van der Waals surface area contributed by atoms with Crippen LogP contribution in [-0.2, 0) is 10.8 Å². The van der Waals surface area contributed by atoms with Crippen LogP contribution in [0.2, 0.25) is 0 Å². The van der Waals surface area contributed by atoms with Gasteiger partial charge in [-0.25, -0.2) is 10.8 Å². The van der Waals surface area contributed by atoms with Gasteiger partial charge in [-0.1, -0.05) is 6.07 Å². The lowest BCUT2D eigenvalue weighted by Gasteiger charge is -2.05. The topological polar surface area (TPSA) is 80.0 Å². The van der Waals surface area contributed by atoms with Crippen LogP contribution in [-0.4, -0.2) is 27.7 Å². The number of nitrogen functional groups attached to an aromatic ring is 1. The number of hydrogen-bond acceptors (Lipinski definition) is 5. The molecule has 78 valence electrons. The molecule has 0 aliphatic carbocycles. The predicted molar refractivity (Wildman–Crippen MR) is 59.5 cm³/mol. The second kappa shape index (κ2) is 5.56. The van der Waals surface area contributed by atoms with E-state index in [-0.39, 0.29) is 0 Å². The lowest BCUT2D eigenvalue weighted by Crippen LogP contribution is -2.13. The minimum absolute atomic E-state index is 0.604. The van der Waals surface area contributed by atoms with Crippen LogP contribution in [0.3, 0.4) is 0 Å². The fourth-order valence-corrected chi connectivity index (χ4v) is 1.33. The van der Waals surface area contributed by atoms with Crippen LogP contribution in [0.5, 0.6) is 0 Å². The molecule has 0 aliphatic heterocycles. The average molecular weight is 214 g/mol. The third-order valence-corrected chi connectivity index (χ3v) is 2.37. The lowest BCUT2D eigenvalue weighted by molar-refractivity contribution is 0.687. The van der Waals surface area contributed by atoms with Crippen molar-refractivity contribution >= 4 is 22.4 Å². The van der Waals surface area contributed by atoms with Gasteiger partial charge in [0, 0.05) is 29.4 Å². The molecule has 0 aliphatic rings. The molecule has 0 spiro atoms. The van der Waals surface area contributed by atoms with Crippen molar-refractivity contribution in [3.63, 3.8) is 0 Å². The molecule has 14 heavy (non-hydrogen) atoms. The highest BCUT2D eigenvalue weighted by Gasteiger charge is 1.95. The molecule has 0 bridgehead atoms. The van der Waals surface area contributed by atoms with E-state index in [9.17, 15) is 4.21 Å². The maximum absolute atomic E-state index is 10.8. The van der Waals surface area contributed by atoms with Crippen molar-refractivity contribution in [3.8, 4) is 0 Å². The number of anilines is 2. The van der Waals surface area contributed by atoms with E-state index in [1.807, 2.05) is 12.1 Å². The zero-order valence-corrected chi connectivity index (χ0v) is 8.80. The Morgan fingerprint density at radius 2 is 2.21 bits per heavy atom. The first-order chi connectivity index (χ1) is 6.72. The van der Waals surface area contributed by atoms with Crippen molar-refractivity contribution in [1.29, 1.82) is 0 Å². The summed E-state index contributed by atoms with van der Waals surface area (Å²) in [5, 5.41) is 3.05. The molecule has 4 N–H and O–H groups in total. The molecule has 6 heteroatoms. The Hall–Kier alpha value is -1.14. The van der Waals surface area contributed by atoms with E-state index in [1.165, 1.54) is 0 Å². The number of nitrogens with one attached hydrogen (secondary N) is 2. The third kappa shape index (κ3) is 3.71. The Labute approximate surface area is 85.5 Å². The smallest absolute Gasteiger partial charge is 0.142 e. The zero-order chi connectivity index (χ0) is 10.4. The highest BCUT2D eigenvalue weighted by Crippen LogP contribution is 2.06. The summed E-state index contributed by atoms with van der Waals surface area (Å²) < 4.78 is 10.8. The van der Waals surface area contributed by atoms with Crippen molar-refractivity contribution in [3.05, 3.63) is 18.2 Å².